The van der Waals surface area contributed by atoms with Crippen molar-refractivity contribution in [3.05, 3.63) is 59.7 Å². The zero-order chi connectivity index (χ0) is 10.5. The van der Waals surface area contributed by atoms with Gasteiger partial charge in [0.1, 0.15) is 0 Å². The molecule has 0 N–H and O–H groups in total. The molecule has 0 bridgehead atoms. The first-order valence-corrected chi connectivity index (χ1v) is 5.55. The number of nitrogens with zero attached hydrogens (tertiary/aromatic N) is 2. The van der Waals surface area contributed by atoms with Gasteiger partial charge in [-0.2, -0.15) is 4.73 Å². The molecular formula is C11H10N2OS. The molecule has 76 valence electrons. The zero-order valence-electron chi connectivity index (χ0n) is 8.04. The number of hydrogen-bond donors (Lipinski definition) is 0. The van der Waals surface area contributed by atoms with Gasteiger partial charge in [-0.15, -0.1) is 0 Å². The smallest absolute Gasteiger partial charge is 0.251 e. The molecule has 0 unspecified atom stereocenters. The van der Waals surface area contributed by atoms with E-state index in [1.807, 2.05) is 30.5 Å². The van der Waals surface area contributed by atoms with Gasteiger partial charge in [-0.1, -0.05) is 17.8 Å². The Hall–Kier alpha value is -1.55. The minimum Gasteiger partial charge on any atom is -0.618 e. The van der Waals surface area contributed by atoms with Crippen LogP contribution < -0.4 is 4.73 Å². The largest absolute Gasteiger partial charge is 0.618 e. The Labute approximate surface area is 92.4 Å². The van der Waals surface area contributed by atoms with Crippen molar-refractivity contribution in [2.24, 2.45) is 0 Å². The molecule has 2 rings (SSSR count). The lowest BCUT2D eigenvalue weighted by Crippen LogP contribution is -2.27. The minimum absolute atomic E-state index is 0.710. The molecule has 0 aliphatic rings. The summed E-state index contributed by atoms with van der Waals surface area (Å²) in [5.41, 5.74) is 1.12. The SMILES string of the molecule is [O-][n+]1ccccc1SCc1cccnc1. The fraction of sp³-hybridized carbons (Fsp3) is 0.0909. The molecule has 0 aromatic carbocycles. The van der Waals surface area contributed by atoms with Crippen LogP contribution >= 0.6 is 11.8 Å². The van der Waals surface area contributed by atoms with Crippen LogP contribution in [0.1, 0.15) is 5.56 Å². The zero-order valence-corrected chi connectivity index (χ0v) is 8.85. The van der Waals surface area contributed by atoms with Crippen molar-refractivity contribution in [2.75, 3.05) is 0 Å². The minimum atomic E-state index is 0.710. The van der Waals surface area contributed by atoms with Gasteiger partial charge < -0.3 is 5.21 Å². The van der Waals surface area contributed by atoms with Crippen molar-refractivity contribution in [3.63, 3.8) is 0 Å². The van der Waals surface area contributed by atoms with Gasteiger partial charge >= 0.3 is 0 Å². The maximum absolute atomic E-state index is 11.3. The van der Waals surface area contributed by atoms with E-state index in [2.05, 4.69) is 4.98 Å². The number of aromatic nitrogens is 2. The molecule has 0 aliphatic heterocycles. The van der Waals surface area contributed by atoms with Crippen molar-refractivity contribution in [1.82, 2.24) is 4.98 Å². The Morgan fingerprint density at radius 2 is 2.20 bits per heavy atom. The summed E-state index contributed by atoms with van der Waals surface area (Å²) in [6, 6.07) is 9.29. The van der Waals surface area contributed by atoms with Gasteiger partial charge in [0, 0.05) is 30.3 Å². The molecule has 0 amide bonds. The van der Waals surface area contributed by atoms with E-state index in [1.165, 1.54) is 18.0 Å². The van der Waals surface area contributed by atoms with E-state index in [0.29, 0.717) is 5.03 Å². The van der Waals surface area contributed by atoms with Crippen LogP contribution in [0.5, 0.6) is 0 Å². The molecule has 0 fully saturated rings. The molecule has 0 saturated carbocycles. The standard InChI is InChI=1S/C11H10N2OS/c14-13-7-2-1-5-11(13)15-9-10-4-3-6-12-8-10/h1-8H,9H2. The Kier molecular flexibility index (Phi) is 3.19. The second-order valence-corrected chi connectivity index (χ2v) is 4.01. The van der Waals surface area contributed by atoms with Gasteiger partial charge in [-0.25, -0.2) is 0 Å². The van der Waals surface area contributed by atoms with E-state index in [9.17, 15) is 5.21 Å². The van der Waals surface area contributed by atoms with Crippen LogP contribution in [-0.2, 0) is 5.75 Å². The maximum Gasteiger partial charge on any atom is 0.251 e. The van der Waals surface area contributed by atoms with Crippen molar-refractivity contribution in [3.8, 4) is 0 Å². The molecule has 0 saturated heterocycles. The predicted molar refractivity (Wildman–Crippen MR) is 59.2 cm³/mol. The van der Waals surface area contributed by atoms with Crippen molar-refractivity contribution < 1.29 is 4.73 Å². The summed E-state index contributed by atoms with van der Waals surface area (Å²) in [4.78, 5) is 4.02. The quantitative estimate of drug-likeness (QED) is 0.449. The van der Waals surface area contributed by atoms with Gasteiger partial charge in [0.2, 0.25) is 0 Å². The number of hydrogen-bond acceptors (Lipinski definition) is 3. The molecule has 4 heteroatoms. The highest BCUT2D eigenvalue weighted by Gasteiger charge is 2.04. The summed E-state index contributed by atoms with van der Waals surface area (Å²) in [5.74, 6) is 0.764. The summed E-state index contributed by atoms with van der Waals surface area (Å²) in [5, 5.41) is 12.0. The molecule has 0 aliphatic carbocycles. The molecule has 2 aromatic heterocycles. The van der Waals surface area contributed by atoms with Gasteiger partial charge in [0.25, 0.3) is 5.03 Å². The van der Waals surface area contributed by atoms with Crippen molar-refractivity contribution in [2.45, 2.75) is 10.8 Å². The monoisotopic (exact) mass is 218 g/mol. The van der Waals surface area contributed by atoms with E-state index < -0.39 is 0 Å². The summed E-state index contributed by atoms with van der Waals surface area (Å²) in [6.07, 6.45) is 5.06. The molecule has 2 aromatic rings. The normalized spacial score (nSPS) is 10.1. The molecule has 0 radical (unpaired) electrons. The van der Waals surface area contributed by atoms with E-state index in [0.717, 1.165) is 16.0 Å². The van der Waals surface area contributed by atoms with Crippen LogP contribution in [0.3, 0.4) is 0 Å². The number of thioether (sulfide) groups is 1. The third kappa shape index (κ3) is 2.70. The summed E-state index contributed by atoms with van der Waals surface area (Å²) < 4.78 is 0.876. The van der Waals surface area contributed by atoms with Crippen LogP contribution in [0.15, 0.2) is 53.9 Å². The van der Waals surface area contributed by atoms with E-state index in [4.69, 9.17) is 0 Å². The van der Waals surface area contributed by atoms with Gasteiger partial charge in [0.05, 0.1) is 0 Å². The molecule has 0 atom stereocenters. The summed E-state index contributed by atoms with van der Waals surface area (Å²) in [6.45, 7) is 0. The maximum atomic E-state index is 11.3. The Morgan fingerprint density at radius 1 is 1.27 bits per heavy atom. The molecular weight excluding hydrogens is 208 g/mol. The fourth-order valence-corrected chi connectivity index (χ4v) is 2.01. The first kappa shape index (κ1) is 9.98. The van der Waals surface area contributed by atoms with Gasteiger partial charge in [-0.3, -0.25) is 4.98 Å². The van der Waals surface area contributed by atoms with Crippen LogP contribution in [0, 0.1) is 5.21 Å². The molecule has 2 heterocycles. The third-order valence-corrected chi connectivity index (χ3v) is 2.99. The van der Waals surface area contributed by atoms with Crippen LogP contribution in [-0.4, -0.2) is 4.98 Å². The van der Waals surface area contributed by atoms with Crippen molar-refractivity contribution >= 4 is 11.8 Å². The highest BCUT2D eigenvalue weighted by Crippen LogP contribution is 2.18. The third-order valence-electron chi connectivity index (χ3n) is 1.90. The van der Waals surface area contributed by atoms with Crippen LogP contribution in [0.2, 0.25) is 0 Å². The van der Waals surface area contributed by atoms with E-state index >= 15 is 0 Å². The Balaban J connectivity index is 2.03. The summed E-state index contributed by atoms with van der Waals surface area (Å²) in [7, 11) is 0. The van der Waals surface area contributed by atoms with Gasteiger partial charge in [0.15, 0.2) is 6.20 Å². The highest BCUT2D eigenvalue weighted by atomic mass is 32.2. The van der Waals surface area contributed by atoms with Crippen LogP contribution in [0.25, 0.3) is 0 Å². The topological polar surface area (TPSA) is 39.8 Å². The lowest BCUT2D eigenvalue weighted by atomic mass is 10.3. The molecule has 15 heavy (non-hydrogen) atoms. The van der Waals surface area contributed by atoms with Gasteiger partial charge in [-0.05, 0) is 17.7 Å². The Bertz CT molecular complexity index is 434. The lowest BCUT2D eigenvalue weighted by Gasteiger charge is -2.02. The van der Waals surface area contributed by atoms with E-state index in [-0.39, 0.29) is 0 Å². The number of pyridine rings is 2. The highest BCUT2D eigenvalue weighted by molar-refractivity contribution is 7.98. The Morgan fingerprint density at radius 3 is 2.93 bits per heavy atom. The second-order valence-electron chi connectivity index (χ2n) is 3.01. The second kappa shape index (κ2) is 4.79. The van der Waals surface area contributed by atoms with Crippen molar-refractivity contribution in [1.29, 1.82) is 0 Å². The number of rotatable bonds is 3. The average Bonchev–Trinajstić information content (AvgIpc) is 2.29. The van der Waals surface area contributed by atoms with E-state index in [1.54, 1.807) is 12.3 Å². The first-order valence-electron chi connectivity index (χ1n) is 4.56. The molecule has 3 nitrogen and oxygen atoms in total. The summed E-state index contributed by atoms with van der Waals surface area (Å²) >= 11 is 1.51. The first-order chi connectivity index (χ1) is 7.36. The fourth-order valence-electron chi connectivity index (χ4n) is 1.17. The predicted octanol–water partition coefficient (Wildman–Crippen LogP) is 2.01. The van der Waals surface area contributed by atoms with Crippen LogP contribution in [0.4, 0.5) is 0 Å². The lowest BCUT2D eigenvalue weighted by molar-refractivity contribution is -0.645. The average molecular weight is 218 g/mol. The molecule has 0 spiro atoms.